The zero-order chi connectivity index (χ0) is 19.7. The van der Waals surface area contributed by atoms with E-state index in [1.165, 1.54) is 13.0 Å². The normalized spacial score (nSPS) is 10.7. The van der Waals surface area contributed by atoms with Gasteiger partial charge in [0.25, 0.3) is 0 Å². The molecule has 0 unspecified atom stereocenters. The van der Waals surface area contributed by atoms with Crippen LogP contribution < -0.4 is 4.74 Å². The standard InChI is InChI=1S/C19H12BrCl2NO4/c1-9(24)12-8-11(20)6-7-15(12)26-19(25)16-10(2)27-23-18(16)17-13(21)4-3-5-14(17)22/h3-8H,1-2H3. The Hall–Kier alpha value is -2.15. The van der Waals surface area contributed by atoms with Crippen LogP contribution in [0.4, 0.5) is 0 Å². The summed E-state index contributed by atoms with van der Waals surface area (Å²) in [5, 5.41) is 4.56. The van der Waals surface area contributed by atoms with Crippen LogP contribution in [0.5, 0.6) is 5.75 Å². The first kappa shape index (κ1) is 19.6. The number of aryl methyl sites for hydroxylation is 1. The number of nitrogens with zero attached hydrogens (tertiary/aromatic N) is 1. The summed E-state index contributed by atoms with van der Waals surface area (Å²) in [5.74, 6) is -0.597. The van der Waals surface area contributed by atoms with Gasteiger partial charge in [0.05, 0.1) is 15.6 Å². The van der Waals surface area contributed by atoms with Gasteiger partial charge in [-0.05, 0) is 44.2 Å². The first-order chi connectivity index (χ1) is 12.8. The summed E-state index contributed by atoms with van der Waals surface area (Å²) >= 11 is 15.7. The fraction of sp³-hybridized carbons (Fsp3) is 0.105. The summed E-state index contributed by atoms with van der Waals surface area (Å²) in [6, 6.07) is 9.72. The van der Waals surface area contributed by atoms with Gasteiger partial charge < -0.3 is 9.26 Å². The van der Waals surface area contributed by atoms with Gasteiger partial charge in [0, 0.05) is 10.0 Å². The number of rotatable bonds is 4. The number of ether oxygens (including phenoxy) is 1. The van der Waals surface area contributed by atoms with Crippen molar-refractivity contribution in [2.24, 2.45) is 0 Å². The topological polar surface area (TPSA) is 69.4 Å². The SMILES string of the molecule is CC(=O)c1cc(Br)ccc1OC(=O)c1c(-c2c(Cl)cccc2Cl)noc1C. The van der Waals surface area contributed by atoms with Crippen molar-refractivity contribution in [3.05, 3.63) is 67.8 Å². The monoisotopic (exact) mass is 467 g/mol. The van der Waals surface area contributed by atoms with Gasteiger partial charge in [-0.15, -0.1) is 0 Å². The molecule has 0 spiro atoms. The predicted octanol–water partition coefficient (Wildman–Crippen LogP) is 6.14. The van der Waals surface area contributed by atoms with Crippen LogP contribution in [-0.2, 0) is 0 Å². The van der Waals surface area contributed by atoms with Crippen molar-refractivity contribution >= 4 is 50.9 Å². The van der Waals surface area contributed by atoms with Crippen LogP contribution in [0.2, 0.25) is 10.0 Å². The zero-order valence-electron chi connectivity index (χ0n) is 14.2. The lowest BCUT2D eigenvalue weighted by Crippen LogP contribution is -2.12. The van der Waals surface area contributed by atoms with Gasteiger partial charge in [-0.1, -0.05) is 50.4 Å². The second-order valence-electron chi connectivity index (χ2n) is 5.65. The van der Waals surface area contributed by atoms with E-state index in [0.29, 0.717) is 20.1 Å². The maximum absolute atomic E-state index is 12.8. The summed E-state index contributed by atoms with van der Waals surface area (Å²) in [6.07, 6.45) is 0. The first-order valence-electron chi connectivity index (χ1n) is 7.73. The van der Waals surface area contributed by atoms with Crippen molar-refractivity contribution in [2.45, 2.75) is 13.8 Å². The minimum Gasteiger partial charge on any atom is -0.422 e. The average molecular weight is 469 g/mol. The molecule has 0 aliphatic heterocycles. The van der Waals surface area contributed by atoms with Crippen molar-refractivity contribution in [3.63, 3.8) is 0 Å². The highest BCUT2D eigenvalue weighted by molar-refractivity contribution is 9.10. The van der Waals surface area contributed by atoms with Crippen molar-refractivity contribution in [1.82, 2.24) is 5.16 Å². The number of hydrogen-bond acceptors (Lipinski definition) is 5. The van der Waals surface area contributed by atoms with E-state index in [4.69, 9.17) is 32.5 Å². The van der Waals surface area contributed by atoms with E-state index in [9.17, 15) is 9.59 Å². The first-order valence-corrected chi connectivity index (χ1v) is 9.27. The van der Waals surface area contributed by atoms with Gasteiger partial charge in [-0.3, -0.25) is 4.79 Å². The minimum atomic E-state index is -0.732. The third-order valence-electron chi connectivity index (χ3n) is 3.79. The molecule has 8 heteroatoms. The lowest BCUT2D eigenvalue weighted by Gasteiger charge is -2.10. The molecule has 5 nitrogen and oxygen atoms in total. The number of esters is 1. The Kier molecular flexibility index (Phi) is 5.69. The number of aromatic nitrogens is 1. The summed E-state index contributed by atoms with van der Waals surface area (Å²) in [5.41, 5.74) is 0.897. The smallest absolute Gasteiger partial charge is 0.349 e. The molecule has 3 rings (SSSR count). The molecule has 0 fully saturated rings. The van der Waals surface area contributed by atoms with E-state index in [0.717, 1.165) is 0 Å². The molecule has 138 valence electrons. The van der Waals surface area contributed by atoms with Gasteiger partial charge >= 0.3 is 5.97 Å². The number of Topliss-reactive ketones (excluding diaryl/α,β-unsaturated/α-hetero) is 1. The van der Waals surface area contributed by atoms with E-state index < -0.39 is 5.97 Å². The molecule has 0 atom stereocenters. The summed E-state index contributed by atoms with van der Waals surface area (Å²) in [4.78, 5) is 24.7. The molecule has 3 aromatic rings. The molecular formula is C19H12BrCl2NO4. The lowest BCUT2D eigenvalue weighted by molar-refractivity contribution is 0.0731. The summed E-state index contributed by atoms with van der Waals surface area (Å²) < 4.78 is 11.3. The molecular weight excluding hydrogens is 457 g/mol. The van der Waals surface area contributed by atoms with Crippen LogP contribution >= 0.6 is 39.1 Å². The molecule has 0 aliphatic rings. The van der Waals surface area contributed by atoms with Gasteiger partial charge in [0.2, 0.25) is 0 Å². The zero-order valence-corrected chi connectivity index (χ0v) is 17.3. The van der Waals surface area contributed by atoms with Crippen LogP contribution in [0, 0.1) is 6.92 Å². The van der Waals surface area contributed by atoms with E-state index >= 15 is 0 Å². The van der Waals surface area contributed by atoms with Crippen molar-refractivity contribution in [1.29, 1.82) is 0 Å². The van der Waals surface area contributed by atoms with E-state index in [-0.39, 0.29) is 34.1 Å². The minimum absolute atomic E-state index is 0.0856. The van der Waals surface area contributed by atoms with E-state index in [2.05, 4.69) is 21.1 Å². The van der Waals surface area contributed by atoms with Crippen LogP contribution in [0.15, 0.2) is 45.4 Å². The number of benzene rings is 2. The van der Waals surface area contributed by atoms with Crippen molar-refractivity contribution in [3.8, 4) is 17.0 Å². The van der Waals surface area contributed by atoms with Crippen LogP contribution in [-0.4, -0.2) is 16.9 Å². The number of carbonyl (C=O) groups is 2. The maximum atomic E-state index is 12.8. The number of ketones is 1. The quantitative estimate of drug-likeness (QED) is 0.261. The molecule has 27 heavy (non-hydrogen) atoms. The van der Waals surface area contributed by atoms with Crippen molar-refractivity contribution in [2.75, 3.05) is 0 Å². The van der Waals surface area contributed by atoms with Gasteiger partial charge in [-0.2, -0.15) is 0 Å². The van der Waals surface area contributed by atoms with Crippen LogP contribution in [0.1, 0.15) is 33.4 Å². The van der Waals surface area contributed by atoms with Crippen LogP contribution in [0.3, 0.4) is 0 Å². The Morgan fingerprint density at radius 2 is 1.81 bits per heavy atom. The largest absolute Gasteiger partial charge is 0.422 e. The van der Waals surface area contributed by atoms with Crippen molar-refractivity contribution < 1.29 is 18.8 Å². The molecule has 0 amide bonds. The molecule has 0 saturated carbocycles. The van der Waals surface area contributed by atoms with Crippen LogP contribution in [0.25, 0.3) is 11.3 Å². The highest BCUT2D eigenvalue weighted by Crippen LogP contribution is 2.37. The molecule has 0 bridgehead atoms. The van der Waals surface area contributed by atoms with Gasteiger partial charge in [0.15, 0.2) is 5.78 Å². The van der Waals surface area contributed by atoms with E-state index in [1.54, 1.807) is 37.3 Å². The molecule has 1 aromatic heterocycles. The molecule has 0 N–H and O–H groups in total. The van der Waals surface area contributed by atoms with E-state index in [1.807, 2.05) is 0 Å². The number of halogens is 3. The summed E-state index contributed by atoms with van der Waals surface area (Å²) in [6.45, 7) is 2.96. The Morgan fingerprint density at radius 1 is 1.15 bits per heavy atom. The van der Waals surface area contributed by atoms with Gasteiger partial charge in [0.1, 0.15) is 22.8 Å². The molecule has 0 saturated heterocycles. The highest BCUT2D eigenvalue weighted by atomic mass is 79.9. The molecule has 0 aliphatic carbocycles. The Labute approximate surface area is 173 Å². The molecule has 0 radical (unpaired) electrons. The fourth-order valence-corrected chi connectivity index (χ4v) is 3.46. The predicted molar refractivity (Wildman–Crippen MR) is 106 cm³/mol. The Bertz CT molecular complexity index is 1040. The maximum Gasteiger partial charge on any atom is 0.349 e. The average Bonchev–Trinajstić information content (AvgIpc) is 2.97. The number of carbonyl (C=O) groups excluding carboxylic acids is 2. The lowest BCUT2D eigenvalue weighted by atomic mass is 10.1. The van der Waals surface area contributed by atoms with Gasteiger partial charge in [-0.25, -0.2) is 4.79 Å². The fourth-order valence-electron chi connectivity index (χ4n) is 2.52. The molecule has 2 aromatic carbocycles. The Morgan fingerprint density at radius 3 is 2.44 bits per heavy atom. The second kappa shape index (κ2) is 7.84. The number of hydrogen-bond donors (Lipinski definition) is 0. The highest BCUT2D eigenvalue weighted by Gasteiger charge is 2.27. The molecule has 1 heterocycles. The third kappa shape index (κ3) is 3.93. The summed E-state index contributed by atoms with van der Waals surface area (Å²) in [7, 11) is 0. The third-order valence-corrected chi connectivity index (χ3v) is 4.91. The Balaban J connectivity index is 2.06. The second-order valence-corrected chi connectivity index (χ2v) is 7.38.